The van der Waals surface area contributed by atoms with Crippen LogP contribution in [-0.2, 0) is 22.6 Å². The van der Waals surface area contributed by atoms with Crippen molar-refractivity contribution in [1.82, 2.24) is 25.7 Å². The number of hydrogen-bond donors (Lipinski definition) is 3. The zero-order chi connectivity index (χ0) is 27.2. The Bertz CT molecular complexity index is 1310. The number of H-pyrrole nitrogens is 1. The van der Waals surface area contributed by atoms with Gasteiger partial charge in [0.25, 0.3) is 11.8 Å². The van der Waals surface area contributed by atoms with Crippen molar-refractivity contribution >= 4 is 17.7 Å². The van der Waals surface area contributed by atoms with Gasteiger partial charge in [0.15, 0.2) is 18.1 Å². The van der Waals surface area contributed by atoms with Crippen molar-refractivity contribution in [2.24, 2.45) is 0 Å². The average molecular weight is 534 g/mol. The summed E-state index contributed by atoms with van der Waals surface area (Å²) in [5.41, 5.74) is 2.31. The molecule has 2 atom stereocenters. The molecule has 6 heterocycles. The van der Waals surface area contributed by atoms with Gasteiger partial charge in [-0.2, -0.15) is 5.10 Å². The molecule has 0 unspecified atom stereocenters. The molecule has 4 bridgehead atoms. The molecule has 0 spiro atoms. The van der Waals surface area contributed by atoms with Gasteiger partial charge < -0.3 is 29.7 Å². The number of methoxy groups -OCH3 is 1. The third-order valence-corrected chi connectivity index (χ3v) is 6.86. The van der Waals surface area contributed by atoms with Crippen molar-refractivity contribution in [3.8, 4) is 17.2 Å². The number of nitrogens with zero attached hydrogens (tertiary/aromatic N) is 2. The lowest BCUT2D eigenvalue weighted by molar-refractivity contribution is -0.125. The highest BCUT2D eigenvalue weighted by molar-refractivity contribution is 5.93. The molecule has 204 valence electrons. The number of carbonyl (C=O) groups excluding carboxylic acids is 3. The number of amides is 3. The molecule has 0 radical (unpaired) electrons. The minimum Gasteiger partial charge on any atom is -0.493 e. The van der Waals surface area contributed by atoms with Crippen LogP contribution in [0.3, 0.4) is 0 Å². The van der Waals surface area contributed by atoms with E-state index in [2.05, 4.69) is 20.8 Å². The summed E-state index contributed by atoms with van der Waals surface area (Å²) in [5, 5.41) is 12.5. The van der Waals surface area contributed by atoms with Crippen LogP contribution in [-0.4, -0.2) is 71.8 Å². The number of likely N-dealkylation sites (tertiary alicyclic amines) is 1. The van der Waals surface area contributed by atoms with Gasteiger partial charge in [-0.25, -0.2) is 0 Å². The van der Waals surface area contributed by atoms with E-state index in [9.17, 15) is 14.4 Å². The lowest BCUT2D eigenvalue weighted by atomic mass is 10.0. The number of nitrogens with one attached hydrogen (secondary N) is 3. The highest BCUT2D eigenvalue weighted by Crippen LogP contribution is 2.29. The fraction of sp³-hybridized carbons (Fsp3) is 0.357. The van der Waals surface area contributed by atoms with Crippen LogP contribution in [0.4, 0.5) is 0 Å². The number of hydrogen-bond acceptors (Lipinski definition) is 7. The van der Waals surface area contributed by atoms with Gasteiger partial charge in [-0.3, -0.25) is 19.5 Å². The largest absolute Gasteiger partial charge is 0.493 e. The first-order valence-electron chi connectivity index (χ1n) is 12.9. The second kappa shape index (κ2) is 11.9. The number of rotatable bonds is 2. The summed E-state index contributed by atoms with van der Waals surface area (Å²) in [4.78, 5) is 40.0. The Morgan fingerprint density at radius 2 is 1.90 bits per heavy atom. The lowest BCUT2D eigenvalue weighted by Gasteiger charge is -2.38. The highest BCUT2D eigenvalue weighted by Gasteiger charge is 2.34. The van der Waals surface area contributed by atoms with Gasteiger partial charge in [0.2, 0.25) is 5.91 Å². The van der Waals surface area contributed by atoms with Gasteiger partial charge in [0.1, 0.15) is 11.9 Å². The van der Waals surface area contributed by atoms with Crippen LogP contribution in [0.1, 0.15) is 34.3 Å². The molecule has 3 amide bonds. The molecule has 11 nitrogen and oxygen atoms in total. The van der Waals surface area contributed by atoms with Crippen LogP contribution < -0.4 is 24.8 Å². The second-order valence-corrected chi connectivity index (χ2v) is 9.55. The van der Waals surface area contributed by atoms with Crippen LogP contribution in [0.2, 0.25) is 0 Å². The molecule has 3 aromatic rings. The van der Waals surface area contributed by atoms with Crippen molar-refractivity contribution in [1.29, 1.82) is 0 Å². The quantitative estimate of drug-likeness (QED) is 0.458. The van der Waals surface area contributed by atoms with Gasteiger partial charge in [0.05, 0.1) is 24.9 Å². The average Bonchev–Trinajstić information content (AvgIpc) is 3.50. The van der Waals surface area contributed by atoms with E-state index < -0.39 is 6.04 Å². The van der Waals surface area contributed by atoms with Gasteiger partial charge in [-0.05, 0) is 41.8 Å². The fourth-order valence-electron chi connectivity index (χ4n) is 4.73. The van der Waals surface area contributed by atoms with Crippen molar-refractivity contribution in [3.05, 3.63) is 71.5 Å². The Balaban J connectivity index is 1.37. The molecule has 8 rings (SSSR count). The smallest absolute Gasteiger partial charge is 0.258 e. The Hall–Kier alpha value is -4.54. The van der Waals surface area contributed by atoms with Crippen molar-refractivity contribution in [3.63, 3.8) is 0 Å². The Morgan fingerprint density at radius 3 is 2.67 bits per heavy atom. The number of aromatic amines is 1. The van der Waals surface area contributed by atoms with Gasteiger partial charge in [-0.1, -0.05) is 18.2 Å². The van der Waals surface area contributed by atoms with E-state index in [1.165, 1.54) is 13.3 Å². The first-order valence-corrected chi connectivity index (χ1v) is 12.9. The molecule has 1 fully saturated rings. The zero-order valence-corrected chi connectivity index (χ0v) is 21.6. The van der Waals surface area contributed by atoms with Gasteiger partial charge in [-0.15, -0.1) is 0 Å². The summed E-state index contributed by atoms with van der Waals surface area (Å²) >= 11 is 0. The third kappa shape index (κ3) is 6.49. The first-order chi connectivity index (χ1) is 19.0. The lowest BCUT2D eigenvalue weighted by Crippen LogP contribution is -2.58. The van der Waals surface area contributed by atoms with E-state index >= 15 is 0 Å². The number of aromatic nitrogens is 2. The van der Waals surface area contributed by atoms with E-state index in [4.69, 9.17) is 14.2 Å². The molecule has 2 aromatic carbocycles. The SMILES string of the molecule is COc1cc2ccc1OCC(=O)N[C@@H]1CN(C(=O)c3cn[nH]c3)CC[C@H]1Oc1ccc(cc1)CNC(=O)CC2. The molecule has 5 aliphatic heterocycles. The maximum Gasteiger partial charge on any atom is 0.258 e. The van der Waals surface area contributed by atoms with Gasteiger partial charge >= 0.3 is 0 Å². The van der Waals surface area contributed by atoms with Crippen LogP contribution in [0.25, 0.3) is 0 Å². The third-order valence-electron chi connectivity index (χ3n) is 6.86. The minimum atomic E-state index is -0.473. The van der Waals surface area contributed by atoms with Crippen molar-refractivity contribution in [2.75, 3.05) is 26.8 Å². The first kappa shape index (κ1) is 26.1. The zero-order valence-electron chi connectivity index (χ0n) is 21.6. The molecule has 0 saturated carbocycles. The van der Waals surface area contributed by atoms with E-state index in [1.54, 1.807) is 17.2 Å². The molecule has 1 aromatic heterocycles. The molecule has 0 aliphatic carbocycles. The number of aryl methyl sites for hydroxylation is 1. The maximum atomic E-state index is 13.0. The predicted molar refractivity (Wildman–Crippen MR) is 141 cm³/mol. The number of benzene rings is 2. The Morgan fingerprint density at radius 1 is 1.08 bits per heavy atom. The van der Waals surface area contributed by atoms with Gasteiger partial charge in [0, 0.05) is 38.7 Å². The number of carbonyl (C=O) groups is 3. The monoisotopic (exact) mass is 533 g/mol. The summed E-state index contributed by atoms with van der Waals surface area (Å²) in [5.74, 6) is 0.960. The molecular weight excluding hydrogens is 502 g/mol. The fourth-order valence-corrected chi connectivity index (χ4v) is 4.73. The predicted octanol–water partition coefficient (Wildman–Crippen LogP) is 1.84. The summed E-state index contributed by atoms with van der Waals surface area (Å²) in [6.45, 7) is 0.891. The second-order valence-electron chi connectivity index (χ2n) is 9.55. The van der Waals surface area contributed by atoms with Crippen molar-refractivity contribution < 1.29 is 28.6 Å². The number of ether oxygens (including phenoxy) is 3. The van der Waals surface area contributed by atoms with Crippen LogP contribution >= 0.6 is 0 Å². The van der Waals surface area contributed by atoms with Crippen LogP contribution in [0.15, 0.2) is 54.9 Å². The van der Waals surface area contributed by atoms with E-state index in [1.807, 2.05) is 36.4 Å². The summed E-state index contributed by atoms with van der Waals surface area (Å²) in [6, 6.07) is 12.4. The summed E-state index contributed by atoms with van der Waals surface area (Å²) in [6.07, 6.45) is 4.04. The normalized spacial score (nSPS) is 20.2. The standard InChI is InChI=1S/C28H31N5O6/c1-37-25-12-18-4-8-24(25)38-17-27(35)32-22-16-33(28(36)20-14-30-31-15-20)11-10-23(22)39-21-6-2-19(3-7-21)13-29-26(34)9-5-18/h2-4,6-8,12,14-15,22-23H,5,9-11,13,16-17H2,1H3,(H,29,34)(H,30,31)(H,32,35)/t22-,23-/m1/s1. The molecule has 3 N–H and O–H groups in total. The number of piperidine rings is 1. The topological polar surface area (TPSA) is 135 Å². The Kier molecular flexibility index (Phi) is 7.95. The molecule has 1 saturated heterocycles. The van der Waals surface area contributed by atoms with Crippen LogP contribution in [0.5, 0.6) is 17.2 Å². The Labute approximate surface area is 225 Å². The maximum absolute atomic E-state index is 13.0. The molecule has 5 aliphatic rings. The summed E-state index contributed by atoms with van der Waals surface area (Å²) in [7, 11) is 1.53. The van der Waals surface area contributed by atoms with Crippen LogP contribution in [0, 0.1) is 0 Å². The highest BCUT2D eigenvalue weighted by atomic mass is 16.5. The van der Waals surface area contributed by atoms with E-state index in [0.717, 1.165) is 11.1 Å². The van der Waals surface area contributed by atoms with E-state index in [-0.39, 0.29) is 37.0 Å². The summed E-state index contributed by atoms with van der Waals surface area (Å²) < 4.78 is 17.5. The molecule has 39 heavy (non-hydrogen) atoms. The van der Waals surface area contributed by atoms with E-state index in [0.29, 0.717) is 55.2 Å². The molecule has 11 heteroatoms. The van der Waals surface area contributed by atoms with Crippen molar-refractivity contribution in [2.45, 2.75) is 38.0 Å². The minimum absolute atomic E-state index is 0.0553. The molecular formula is C28H31N5O6.